The zero-order valence-corrected chi connectivity index (χ0v) is 15.4. The molecule has 1 aliphatic heterocycles. The van der Waals surface area contributed by atoms with Gasteiger partial charge in [0.1, 0.15) is 0 Å². The number of ether oxygens (including phenoxy) is 1. The Morgan fingerprint density at radius 1 is 1.32 bits per heavy atom. The molecule has 0 saturated carbocycles. The van der Waals surface area contributed by atoms with E-state index in [1.807, 2.05) is 30.3 Å². The molecule has 25 heavy (non-hydrogen) atoms. The molecule has 1 saturated heterocycles. The molecule has 0 radical (unpaired) electrons. The van der Waals surface area contributed by atoms with E-state index >= 15 is 0 Å². The van der Waals surface area contributed by atoms with Crippen molar-refractivity contribution in [3.63, 3.8) is 0 Å². The van der Waals surface area contributed by atoms with Crippen LogP contribution in [0.1, 0.15) is 25.5 Å². The predicted molar refractivity (Wildman–Crippen MR) is 92.7 cm³/mol. The van der Waals surface area contributed by atoms with Crippen LogP contribution in [0.25, 0.3) is 0 Å². The molecule has 2 atom stereocenters. The number of hydrogen-bond donors (Lipinski definition) is 1. The number of aromatic nitrogens is 2. The van der Waals surface area contributed by atoms with E-state index in [0.29, 0.717) is 0 Å². The van der Waals surface area contributed by atoms with E-state index in [9.17, 15) is 13.2 Å². The van der Waals surface area contributed by atoms with Gasteiger partial charge in [-0.05, 0) is 12.5 Å². The van der Waals surface area contributed by atoms with Crippen molar-refractivity contribution in [2.24, 2.45) is 0 Å². The number of anilines is 1. The molecule has 0 aliphatic carbocycles. The fraction of sp³-hybridized carbons (Fsp3) is 0.400. The molecule has 1 aromatic carbocycles. The summed E-state index contributed by atoms with van der Waals surface area (Å²) in [5.74, 6) is -0.330. The van der Waals surface area contributed by atoms with E-state index in [1.54, 1.807) is 6.92 Å². The summed E-state index contributed by atoms with van der Waals surface area (Å²) >= 11 is 0.836. The van der Waals surface area contributed by atoms with E-state index in [-0.39, 0.29) is 40.7 Å². The summed E-state index contributed by atoms with van der Waals surface area (Å²) in [5.41, 5.74) is 0.922. The van der Waals surface area contributed by atoms with Crippen molar-refractivity contribution in [1.82, 2.24) is 14.5 Å². The first kappa shape index (κ1) is 17.9. The van der Waals surface area contributed by atoms with Gasteiger partial charge in [-0.2, -0.15) is 4.31 Å². The quantitative estimate of drug-likeness (QED) is 0.807. The largest absolute Gasteiger partial charge is 0.370 e. The SMILES string of the molecule is CC(=O)Nc1nnc(S(=O)(=O)N2CC(c3ccccc3)OCC2C)s1. The molecule has 1 aromatic heterocycles. The first-order valence-corrected chi connectivity index (χ1v) is 9.93. The van der Waals surface area contributed by atoms with Gasteiger partial charge in [0.25, 0.3) is 10.0 Å². The Labute approximate surface area is 149 Å². The molecule has 1 aliphatic rings. The van der Waals surface area contributed by atoms with Crippen LogP contribution in [0.2, 0.25) is 0 Å². The minimum Gasteiger partial charge on any atom is -0.370 e. The first-order chi connectivity index (χ1) is 11.9. The summed E-state index contributed by atoms with van der Waals surface area (Å²) in [4.78, 5) is 11.1. The van der Waals surface area contributed by atoms with Crippen LogP contribution >= 0.6 is 11.3 Å². The van der Waals surface area contributed by atoms with Gasteiger partial charge in [-0.25, -0.2) is 8.42 Å². The van der Waals surface area contributed by atoms with Gasteiger partial charge >= 0.3 is 0 Å². The minimum atomic E-state index is -3.82. The molecule has 2 unspecified atom stereocenters. The van der Waals surface area contributed by atoms with Crippen molar-refractivity contribution in [3.8, 4) is 0 Å². The van der Waals surface area contributed by atoms with E-state index in [0.717, 1.165) is 16.9 Å². The number of amides is 1. The molecule has 3 rings (SSSR count). The number of hydrogen-bond acceptors (Lipinski definition) is 7. The molecule has 0 spiro atoms. The molecular weight excluding hydrogens is 364 g/mol. The number of benzene rings is 1. The highest BCUT2D eigenvalue weighted by Crippen LogP contribution is 2.31. The summed E-state index contributed by atoms with van der Waals surface area (Å²) in [6.07, 6.45) is -0.338. The lowest BCUT2D eigenvalue weighted by atomic mass is 10.1. The van der Waals surface area contributed by atoms with Gasteiger partial charge in [0.2, 0.25) is 15.4 Å². The molecule has 134 valence electrons. The van der Waals surface area contributed by atoms with Gasteiger partial charge in [0.05, 0.1) is 12.7 Å². The van der Waals surface area contributed by atoms with Crippen molar-refractivity contribution in [2.45, 2.75) is 30.3 Å². The maximum atomic E-state index is 12.9. The highest BCUT2D eigenvalue weighted by atomic mass is 32.2. The Morgan fingerprint density at radius 3 is 2.72 bits per heavy atom. The predicted octanol–water partition coefficient (Wildman–Crippen LogP) is 1.65. The topological polar surface area (TPSA) is 101 Å². The second kappa shape index (κ2) is 7.16. The van der Waals surface area contributed by atoms with E-state index in [4.69, 9.17) is 4.74 Å². The monoisotopic (exact) mass is 382 g/mol. The lowest BCUT2D eigenvalue weighted by Crippen LogP contribution is -2.48. The molecular formula is C15H18N4O4S2. The van der Waals surface area contributed by atoms with Crippen LogP contribution in [0, 0.1) is 0 Å². The molecule has 2 heterocycles. The van der Waals surface area contributed by atoms with Gasteiger partial charge in [0.15, 0.2) is 0 Å². The lowest BCUT2D eigenvalue weighted by Gasteiger charge is -2.36. The third-order valence-electron chi connectivity index (χ3n) is 3.77. The van der Waals surface area contributed by atoms with Gasteiger partial charge in [-0.3, -0.25) is 4.79 Å². The smallest absolute Gasteiger partial charge is 0.272 e. The zero-order chi connectivity index (χ0) is 18.0. The number of nitrogens with zero attached hydrogens (tertiary/aromatic N) is 3. The fourth-order valence-electron chi connectivity index (χ4n) is 2.55. The number of carbonyl (C=O) groups excluding carboxylic acids is 1. The molecule has 8 nitrogen and oxygen atoms in total. The van der Waals surface area contributed by atoms with Crippen molar-refractivity contribution in [1.29, 1.82) is 0 Å². The zero-order valence-electron chi connectivity index (χ0n) is 13.7. The second-order valence-electron chi connectivity index (χ2n) is 5.71. The summed E-state index contributed by atoms with van der Waals surface area (Å²) < 4.78 is 32.9. The number of rotatable bonds is 4. The number of nitrogens with one attached hydrogen (secondary N) is 1. The van der Waals surface area contributed by atoms with Crippen molar-refractivity contribution < 1.29 is 17.9 Å². The van der Waals surface area contributed by atoms with Crippen LogP contribution in [0.4, 0.5) is 5.13 Å². The average molecular weight is 382 g/mol. The van der Waals surface area contributed by atoms with Crippen LogP contribution in [-0.2, 0) is 19.6 Å². The van der Waals surface area contributed by atoms with Crippen LogP contribution in [-0.4, -0.2) is 48.0 Å². The molecule has 2 aromatic rings. The Bertz CT molecular complexity index is 853. The maximum Gasteiger partial charge on any atom is 0.272 e. The number of sulfonamides is 1. The first-order valence-electron chi connectivity index (χ1n) is 7.67. The van der Waals surface area contributed by atoms with E-state index < -0.39 is 10.0 Å². The molecule has 1 amide bonds. The lowest BCUT2D eigenvalue weighted by molar-refractivity contribution is -0.114. The minimum absolute atomic E-state index is 0.142. The van der Waals surface area contributed by atoms with Crippen molar-refractivity contribution in [2.75, 3.05) is 18.5 Å². The van der Waals surface area contributed by atoms with E-state index in [1.165, 1.54) is 11.2 Å². The molecule has 0 bridgehead atoms. The Morgan fingerprint density at radius 2 is 2.04 bits per heavy atom. The van der Waals surface area contributed by atoms with Crippen LogP contribution in [0.3, 0.4) is 0 Å². The average Bonchev–Trinajstić information content (AvgIpc) is 3.04. The van der Waals surface area contributed by atoms with Crippen LogP contribution < -0.4 is 5.32 Å². The third kappa shape index (κ3) is 3.87. The standard InChI is InChI=1S/C15H18N4O4S2/c1-10-9-23-13(12-6-4-3-5-7-12)8-19(10)25(21,22)15-18-17-14(24-15)16-11(2)20/h3-7,10,13H,8-9H2,1-2H3,(H,16,17,20). The molecule has 1 fully saturated rings. The number of morpholine rings is 1. The summed E-state index contributed by atoms with van der Waals surface area (Å²) in [7, 11) is -3.82. The highest BCUT2D eigenvalue weighted by Gasteiger charge is 2.38. The van der Waals surface area contributed by atoms with Gasteiger partial charge in [-0.1, -0.05) is 41.7 Å². The Balaban J connectivity index is 1.84. The maximum absolute atomic E-state index is 12.9. The van der Waals surface area contributed by atoms with Gasteiger partial charge in [-0.15, -0.1) is 10.2 Å². The summed E-state index contributed by atoms with van der Waals surface area (Å²) in [6.45, 7) is 3.59. The fourth-order valence-corrected chi connectivity index (χ4v) is 5.23. The molecule has 10 heteroatoms. The van der Waals surface area contributed by atoms with Crippen molar-refractivity contribution in [3.05, 3.63) is 35.9 Å². The molecule has 1 N–H and O–H groups in total. The number of carbonyl (C=O) groups is 1. The van der Waals surface area contributed by atoms with Gasteiger partial charge < -0.3 is 10.1 Å². The second-order valence-corrected chi connectivity index (χ2v) is 8.75. The van der Waals surface area contributed by atoms with Crippen molar-refractivity contribution >= 4 is 32.4 Å². The Hall–Kier alpha value is -1.88. The highest BCUT2D eigenvalue weighted by molar-refractivity contribution is 7.91. The van der Waals surface area contributed by atoms with Crippen LogP contribution in [0.5, 0.6) is 0 Å². The van der Waals surface area contributed by atoms with E-state index in [2.05, 4.69) is 15.5 Å². The Kier molecular flexibility index (Phi) is 5.13. The van der Waals surface area contributed by atoms with Gasteiger partial charge in [0, 0.05) is 19.5 Å². The summed E-state index contributed by atoms with van der Waals surface area (Å²) in [6, 6.07) is 9.17. The van der Waals surface area contributed by atoms with Crippen LogP contribution in [0.15, 0.2) is 34.7 Å². The summed E-state index contributed by atoms with van der Waals surface area (Å²) in [5, 5.41) is 10.1. The third-order valence-corrected chi connectivity index (χ3v) is 6.93. The normalized spacial score (nSPS) is 21.8.